The Bertz CT molecular complexity index is 409. The summed E-state index contributed by atoms with van der Waals surface area (Å²) in [4.78, 5) is 4.14. The molecule has 0 unspecified atom stereocenters. The number of aromatic nitrogens is 1. The van der Waals surface area contributed by atoms with Crippen molar-refractivity contribution < 1.29 is 9.15 Å². The zero-order valence-electron chi connectivity index (χ0n) is 8.64. The second-order valence-electron chi connectivity index (χ2n) is 3.17. The van der Waals surface area contributed by atoms with E-state index < -0.39 is 0 Å². The Morgan fingerprint density at radius 2 is 2.07 bits per heavy atom. The van der Waals surface area contributed by atoms with Crippen LogP contribution in [0.5, 0.6) is 5.95 Å². The van der Waals surface area contributed by atoms with E-state index in [2.05, 4.69) is 4.98 Å². The van der Waals surface area contributed by atoms with E-state index in [1.807, 2.05) is 37.3 Å². The molecule has 0 bridgehead atoms. The first-order valence-corrected chi connectivity index (χ1v) is 5.00. The lowest BCUT2D eigenvalue weighted by molar-refractivity contribution is 0.251. The van der Waals surface area contributed by atoms with Crippen LogP contribution < -0.4 is 4.74 Å². The summed E-state index contributed by atoms with van der Waals surface area (Å²) >= 11 is 0. The van der Waals surface area contributed by atoms with Gasteiger partial charge in [0, 0.05) is 6.42 Å². The molecule has 0 radical (unpaired) electrons. The molecule has 0 fully saturated rings. The third-order valence-electron chi connectivity index (χ3n) is 2.02. The molecule has 3 heteroatoms. The van der Waals surface area contributed by atoms with Gasteiger partial charge in [0.25, 0.3) is 0 Å². The van der Waals surface area contributed by atoms with Crippen molar-refractivity contribution >= 4 is 0 Å². The molecule has 1 heterocycles. The van der Waals surface area contributed by atoms with E-state index >= 15 is 0 Å². The summed E-state index contributed by atoms with van der Waals surface area (Å²) in [7, 11) is 0. The molecule has 78 valence electrons. The van der Waals surface area contributed by atoms with E-state index in [-0.39, 0.29) is 0 Å². The van der Waals surface area contributed by atoms with Gasteiger partial charge >= 0.3 is 5.95 Å². The van der Waals surface area contributed by atoms with Crippen molar-refractivity contribution in [3.8, 4) is 5.95 Å². The van der Waals surface area contributed by atoms with Gasteiger partial charge in [0.15, 0.2) is 0 Å². The van der Waals surface area contributed by atoms with Crippen molar-refractivity contribution in [3.63, 3.8) is 0 Å². The summed E-state index contributed by atoms with van der Waals surface area (Å²) in [6, 6.07) is 10.1. The number of ether oxygens (including phenoxy) is 1. The molecule has 1 aromatic heterocycles. The normalized spacial score (nSPS) is 10.2. The van der Waals surface area contributed by atoms with E-state index in [1.54, 1.807) is 6.20 Å². The van der Waals surface area contributed by atoms with Crippen LogP contribution in [-0.2, 0) is 6.42 Å². The van der Waals surface area contributed by atoms with Crippen LogP contribution in [-0.4, -0.2) is 11.6 Å². The smallest absolute Gasteiger partial charge is 0.305 e. The molecule has 2 aromatic rings. The number of hydrogen-bond donors (Lipinski definition) is 0. The Balaban J connectivity index is 2.05. The van der Waals surface area contributed by atoms with Gasteiger partial charge in [0.1, 0.15) is 6.20 Å². The maximum atomic E-state index is 5.39. The Morgan fingerprint density at radius 3 is 2.80 bits per heavy atom. The number of rotatable bonds is 4. The van der Waals surface area contributed by atoms with Gasteiger partial charge in [0.2, 0.25) is 5.89 Å². The fraction of sp³-hybridized carbons (Fsp3) is 0.250. The molecule has 0 amide bonds. The molecule has 0 saturated carbocycles. The van der Waals surface area contributed by atoms with E-state index in [9.17, 15) is 0 Å². The van der Waals surface area contributed by atoms with E-state index in [0.717, 1.165) is 0 Å². The van der Waals surface area contributed by atoms with Gasteiger partial charge in [-0.3, -0.25) is 0 Å². The highest BCUT2D eigenvalue weighted by Gasteiger charge is 2.04. The van der Waals surface area contributed by atoms with Crippen molar-refractivity contribution in [2.75, 3.05) is 6.61 Å². The first-order valence-electron chi connectivity index (χ1n) is 5.00. The first kappa shape index (κ1) is 9.77. The predicted molar refractivity (Wildman–Crippen MR) is 56.9 cm³/mol. The van der Waals surface area contributed by atoms with Gasteiger partial charge in [-0.25, -0.2) is 4.98 Å². The van der Waals surface area contributed by atoms with Gasteiger partial charge in [-0.05, 0) is 12.5 Å². The number of benzene rings is 1. The quantitative estimate of drug-likeness (QED) is 0.766. The maximum absolute atomic E-state index is 5.39. The van der Waals surface area contributed by atoms with Gasteiger partial charge in [-0.15, -0.1) is 0 Å². The minimum absolute atomic E-state index is 0.489. The van der Waals surface area contributed by atoms with Crippen molar-refractivity contribution in [2.45, 2.75) is 13.3 Å². The zero-order valence-corrected chi connectivity index (χ0v) is 8.64. The van der Waals surface area contributed by atoms with Crippen LogP contribution in [0.4, 0.5) is 0 Å². The van der Waals surface area contributed by atoms with Gasteiger partial charge in [-0.2, -0.15) is 0 Å². The van der Waals surface area contributed by atoms with Crippen LogP contribution >= 0.6 is 0 Å². The number of oxazole rings is 1. The minimum atomic E-state index is 0.489. The van der Waals surface area contributed by atoms with E-state index in [4.69, 9.17) is 9.15 Å². The Labute approximate surface area is 88.7 Å². The lowest BCUT2D eigenvalue weighted by Gasteiger charge is -1.96. The van der Waals surface area contributed by atoms with Crippen molar-refractivity contribution in [1.29, 1.82) is 0 Å². The molecule has 3 nitrogen and oxygen atoms in total. The van der Waals surface area contributed by atoms with Gasteiger partial charge in [0.05, 0.1) is 6.61 Å². The van der Waals surface area contributed by atoms with Crippen LogP contribution in [0.3, 0.4) is 0 Å². The molecular weight excluding hydrogens is 190 g/mol. The molecule has 0 spiro atoms. The van der Waals surface area contributed by atoms with Crippen molar-refractivity contribution in [2.24, 2.45) is 0 Å². The third kappa shape index (κ3) is 2.59. The molecule has 0 aliphatic rings. The topological polar surface area (TPSA) is 35.3 Å². The summed E-state index contributed by atoms with van der Waals surface area (Å²) < 4.78 is 10.6. The molecule has 2 rings (SSSR count). The average Bonchev–Trinajstić information content (AvgIpc) is 2.68. The Kier molecular flexibility index (Phi) is 3.02. The fourth-order valence-electron chi connectivity index (χ4n) is 1.35. The lowest BCUT2D eigenvalue weighted by atomic mass is 10.2. The van der Waals surface area contributed by atoms with E-state index in [1.165, 1.54) is 5.56 Å². The van der Waals surface area contributed by atoms with Crippen LogP contribution in [0.1, 0.15) is 18.4 Å². The highest BCUT2D eigenvalue weighted by molar-refractivity contribution is 5.18. The zero-order chi connectivity index (χ0) is 10.5. The first-order chi connectivity index (χ1) is 7.38. The summed E-state index contributed by atoms with van der Waals surface area (Å²) in [5.41, 5.74) is 1.18. The Morgan fingerprint density at radius 1 is 1.27 bits per heavy atom. The standard InChI is InChI=1S/C12H13NO2/c1-2-14-12-9-13-11(15-12)8-10-6-4-3-5-7-10/h3-7,9H,2,8H2,1H3. The second kappa shape index (κ2) is 4.64. The fourth-order valence-corrected chi connectivity index (χ4v) is 1.35. The molecule has 15 heavy (non-hydrogen) atoms. The van der Waals surface area contributed by atoms with Crippen LogP contribution in [0, 0.1) is 0 Å². The van der Waals surface area contributed by atoms with Crippen LogP contribution in [0.25, 0.3) is 0 Å². The number of hydrogen-bond acceptors (Lipinski definition) is 3. The van der Waals surface area contributed by atoms with E-state index in [0.29, 0.717) is 24.9 Å². The summed E-state index contributed by atoms with van der Waals surface area (Å²) in [6.45, 7) is 2.51. The summed E-state index contributed by atoms with van der Waals surface area (Å²) in [5.74, 6) is 1.17. The SMILES string of the molecule is CCOc1cnc(Cc2ccccc2)o1. The van der Waals surface area contributed by atoms with Crippen molar-refractivity contribution in [3.05, 3.63) is 48.0 Å². The molecule has 1 aromatic carbocycles. The minimum Gasteiger partial charge on any atom is -0.464 e. The Hall–Kier alpha value is -1.77. The van der Waals surface area contributed by atoms with Gasteiger partial charge in [-0.1, -0.05) is 30.3 Å². The number of nitrogens with zero attached hydrogens (tertiary/aromatic N) is 1. The summed E-state index contributed by atoms with van der Waals surface area (Å²) in [5, 5.41) is 0. The molecule has 0 saturated heterocycles. The highest BCUT2D eigenvalue weighted by Crippen LogP contribution is 2.15. The average molecular weight is 203 g/mol. The van der Waals surface area contributed by atoms with Crippen molar-refractivity contribution in [1.82, 2.24) is 4.98 Å². The van der Waals surface area contributed by atoms with Crippen LogP contribution in [0.2, 0.25) is 0 Å². The highest BCUT2D eigenvalue weighted by atomic mass is 16.6. The van der Waals surface area contributed by atoms with Crippen LogP contribution in [0.15, 0.2) is 40.9 Å². The van der Waals surface area contributed by atoms with Gasteiger partial charge < -0.3 is 9.15 Å². The lowest BCUT2D eigenvalue weighted by Crippen LogP contribution is -1.88. The molecular formula is C12H13NO2. The molecule has 0 atom stereocenters. The predicted octanol–water partition coefficient (Wildman–Crippen LogP) is 2.66. The largest absolute Gasteiger partial charge is 0.464 e. The molecule has 0 aliphatic carbocycles. The summed E-state index contributed by atoms with van der Waals surface area (Å²) in [6.07, 6.45) is 2.32. The monoisotopic (exact) mass is 203 g/mol. The molecule has 0 N–H and O–H groups in total. The second-order valence-corrected chi connectivity index (χ2v) is 3.17. The third-order valence-corrected chi connectivity index (χ3v) is 2.02. The molecule has 0 aliphatic heterocycles. The maximum Gasteiger partial charge on any atom is 0.305 e.